The van der Waals surface area contributed by atoms with Crippen molar-refractivity contribution in [1.29, 1.82) is 5.26 Å². The Balaban J connectivity index is 2.62. The molecule has 0 bridgehead atoms. The van der Waals surface area contributed by atoms with Crippen LogP contribution in [0.25, 0.3) is 0 Å². The van der Waals surface area contributed by atoms with Crippen LogP contribution in [-0.4, -0.2) is 13.9 Å². The summed E-state index contributed by atoms with van der Waals surface area (Å²) in [6.07, 6.45) is 5.44. The van der Waals surface area contributed by atoms with E-state index in [1.165, 1.54) is 6.42 Å². The van der Waals surface area contributed by atoms with Crippen LogP contribution in [0.5, 0.6) is 0 Å². The molecule has 0 unspecified atom stereocenters. The lowest BCUT2D eigenvalue weighted by atomic mass is 9.79. The van der Waals surface area contributed by atoms with Crippen molar-refractivity contribution in [2.45, 2.75) is 64.3 Å². The van der Waals surface area contributed by atoms with Gasteiger partial charge < -0.3 is 4.43 Å². The van der Waals surface area contributed by atoms with Crippen LogP contribution in [0.4, 0.5) is 0 Å². The molecule has 86 valence electrons. The Morgan fingerprint density at radius 3 is 2.20 bits per heavy atom. The van der Waals surface area contributed by atoms with Crippen LogP contribution in [0.2, 0.25) is 19.6 Å². The predicted molar refractivity (Wildman–Crippen MR) is 65.0 cm³/mol. The maximum Gasteiger partial charge on any atom is 0.185 e. The van der Waals surface area contributed by atoms with Crippen molar-refractivity contribution in [1.82, 2.24) is 0 Å². The fraction of sp³-hybridized carbons (Fsp3) is 0.917. The molecule has 1 aliphatic carbocycles. The highest BCUT2D eigenvalue weighted by Gasteiger charge is 2.39. The van der Waals surface area contributed by atoms with Gasteiger partial charge in [0.2, 0.25) is 0 Å². The zero-order valence-corrected chi connectivity index (χ0v) is 11.5. The van der Waals surface area contributed by atoms with Gasteiger partial charge in [-0.2, -0.15) is 5.26 Å². The van der Waals surface area contributed by atoms with Crippen molar-refractivity contribution >= 4 is 8.32 Å². The summed E-state index contributed by atoms with van der Waals surface area (Å²) < 4.78 is 6.09. The number of nitriles is 1. The van der Waals surface area contributed by atoms with Gasteiger partial charge in [-0.25, -0.2) is 0 Å². The standard InChI is InChI=1S/C12H23NOSi/c1-5-11-6-8-12(10-13,9-7-11)14-15(2,3)4/h11H,5-9H2,1-4H3. The van der Waals surface area contributed by atoms with Gasteiger partial charge >= 0.3 is 0 Å². The lowest BCUT2D eigenvalue weighted by Gasteiger charge is -2.38. The van der Waals surface area contributed by atoms with E-state index in [0.717, 1.165) is 31.6 Å². The molecule has 1 saturated carbocycles. The van der Waals surface area contributed by atoms with Crippen molar-refractivity contribution in [2.24, 2.45) is 5.92 Å². The van der Waals surface area contributed by atoms with E-state index in [2.05, 4.69) is 32.6 Å². The molecule has 0 amide bonds. The molecule has 0 aliphatic heterocycles. The van der Waals surface area contributed by atoms with E-state index in [1.807, 2.05) is 0 Å². The first kappa shape index (κ1) is 12.7. The third kappa shape index (κ3) is 3.62. The highest BCUT2D eigenvalue weighted by atomic mass is 28.4. The summed E-state index contributed by atoms with van der Waals surface area (Å²) in [5, 5.41) is 9.31. The van der Waals surface area contributed by atoms with Crippen molar-refractivity contribution in [3.63, 3.8) is 0 Å². The van der Waals surface area contributed by atoms with E-state index in [-0.39, 0.29) is 0 Å². The monoisotopic (exact) mass is 225 g/mol. The Labute approximate surface area is 94.8 Å². The third-order valence-corrected chi connectivity index (χ3v) is 4.20. The molecule has 1 aliphatic rings. The Kier molecular flexibility index (Phi) is 3.97. The average molecular weight is 225 g/mol. The number of hydrogen-bond donors (Lipinski definition) is 0. The summed E-state index contributed by atoms with van der Waals surface area (Å²) in [5.74, 6) is 0.816. The second-order valence-electron chi connectivity index (χ2n) is 5.67. The van der Waals surface area contributed by atoms with Gasteiger partial charge in [-0.1, -0.05) is 13.3 Å². The van der Waals surface area contributed by atoms with Gasteiger partial charge in [-0.3, -0.25) is 0 Å². The van der Waals surface area contributed by atoms with Crippen LogP contribution >= 0.6 is 0 Å². The molecule has 2 nitrogen and oxygen atoms in total. The Morgan fingerprint density at radius 2 is 1.87 bits per heavy atom. The van der Waals surface area contributed by atoms with Crippen molar-refractivity contribution in [2.75, 3.05) is 0 Å². The van der Waals surface area contributed by atoms with Gasteiger partial charge in [-0.05, 0) is 51.2 Å². The minimum atomic E-state index is -1.59. The van der Waals surface area contributed by atoms with Crippen molar-refractivity contribution < 1.29 is 4.43 Å². The molecule has 0 N–H and O–H groups in total. The molecule has 0 saturated heterocycles. The molecule has 0 radical (unpaired) electrons. The molecule has 15 heavy (non-hydrogen) atoms. The van der Waals surface area contributed by atoms with E-state index in [0.29, 0.717) is 0 Å². The van der Waals surface area contributed by atoms with E-state index >= 15 is 0 Å². The van der Waals surface area contributed by atoms with Crippen LogP contribution in [0.15, 0.2) is 0 Å². The third-order valence-electron chi connectivity index (χ3n) is 3.20. The molecule has 0 aromatic rings. The molecule has 3 heteroatoms. The van der Waals surface area contributed by atoms with Gasteiger partial charge in [0.25, 0.3) is 0 Å². The van der Waals surface area contributed by atoms with Crippen molar-refractivity contribution in [3.05, 3.63) is 0 Å². The number of hydrogen-bond acceptors (Lipinski definition) is 2. The lowest BCUT2D eigenvalue weighted by Crippen LogP contribution is -2.44. The Morgan fingerprint density at radius 1 is 1.33 bits per heavy atom. The number of nitrogens with zero attached hydrogens (tertiary/aromatic N) is 1. The first-order valence-electron chi connectivity index (χ1n) is 6.02. The van der Waals surface area contributed by atoms with Gasteiger partial charge in [0.05, 0.1) is 6.07 Å². The largest absolute Gasteiger partial charge is 0.400 e. The van der Waals surface area contributed by atoms with Crippen LogP contribution in [0.3, 0.4) is 0 Å². The molecule has 0 aromatic carbocycles. The smallest absolute Gasteiger partial charge is 0.185 e. The topological polar surface area (TPSA) is 33.0 Å². The van der Waals surface area contributed by atoms with Crippen LogP contribution in [0, 0.1) is 17.2 Å². The molecule has 0 spiro atoms. The maximum atomic E-state index is 9.31. The maximum absolute atomic E-state index is 9.31. The van der Waals surface area contributed by atoms with E-state index in [4.69, 9.17) is 4.43 Å². The summed E-state index contributed by atoms with van der Waals surface area (Å²) in [4.78, 5) is 0. The fourth-order valence-electron chi connectivity index (χ4n) is 2.37. The second-order valence-corrected chi connectivity index (χ2v) is 10.1. The van der Waals surface area contributed by atoms with E-state index < -0.39 is 13.9 Å². The predicted octanol–water partition coefficient (Wildman–Crippen LogP) is 3.70. The zero-order valence-electron chi connectivity index (χ0n) is 10.5. The minimum Gasteiger partial charge on any atom is -0.400 e. The number of rotatable bonds is 3. The summed E-state index contributed by atoms with van der Waals surface area (Å²) >= 11 is 0. The van der Waals surface area contributed by atoms with Gasteiger partial charge in [0, 0.05) is 0 Å². The summed E-state index contributed by atoms with van der Waals surface area (Å²) in [7, 11) is -1.59. The molecular formula is C12H23NOSi. The molecular weight excluding hydrogens is 202 g/mol. The van der Waals surface area contributed by atoms with Crippen molar-refractivity contribution in [3.8, 4) is 6.07 Å². The highest BCUT2D eigenvalue weighted by Crippen LogP contribution is 2.37. The molecule has 0 aromatic heterocycles. The normalized spacial score (nSPS) is 32.3. The molecule has 0 atom stereocenters. The first-order chi connectivity index (χ1) is 6.91. The Bertz CT molecular complexity index is 243. The SMILES string of the molecule is CCC1CCC(C#N)(O[Si](C)(C)C)CC1. The summed E-state index contributed by atoms with van der Waals surface area (Å²) in [6, 6.07) is 2.43. The second kappa shape index (κ2) is 4.67. The van der Waals surface area contributed by atoms with E-state index in [1.54, 1.807) is 0 Å². The molecule has 1 rings (SSSR count). The van der Waals surface area contributed by atoms with Gasteiger partial charge in [0.15, 0.2) is 8.32 Å². The van der Waals surface area contributed by atoms with E-state index in [9.17, 15) is 5.26 Å². The van der Waals surface area contributed by atoms with Gasteiger partial charge in [-0.15, -0.1) is 0 Å². The average Bonchev–Trinajstić information content (AvgIpc) is 2.16. The molecule has 1 fully saturated rings. The zero-order chi connectivity index (χ0) is 11.5. The first-order valence-corrected chi connectivity index (χ1v) is 9.43. The van der Waals surface area contributed by atoms with Crippen LogP contribution in [-0.2, 0) is 4.43 Å². The minimum absolute atomic E-state index is 0.448. The summed E-state index contributed by atoms with van der Waals surface area (Å²) in [6.45, 7) is 8.73. The van der Waals surface area contributed by atoms with Crippen LogP contribution in [0.1, 0.15) is 39.0 Å². The lowest BCUT2D eigenvalue weighted by molar-refractivity contribution is 0.0588. The van der Waals surface area contributed by atoms with Gasteiger partial charge in [0.1, 0.15) is 5.60 Å². The Hall–Kier alpha value is -0.333. The molecule has 0 heterocycles. The van der Waals surface area contributed by atoms with Crippen LogP contribution < -0.4 is 0 Å². The highest BCUT2D eigenvalue weighted by molar-refractivity contribution is 6.69. The quantitative estimate of drug-likeness (QED) is 0.686. The summed E-state index contributed by atoms with van der Waals surface area (Å²) in [5.41, 5.74) is -0.448. The fourth-order valence-corrected chi connectivity index (χ4v) is 3.80.